The zero-order chi connectivity index (χ0) is 17.6. The Kier molecular flexibility index (Phi) is 5.40. The van der Waals surface area contributed by atoms with Crippen molar-refractivity contribution < 1.29 is 18.7 Å². The van der Waals surface area contributed by atoms with Crippen molar-refractivity contribution in [1.82, 2.24) is 5.32 Å². The first-order valence-corrected chi connectivity index (χ1v) is 8.61. The SMILES string of the molecule is O=C(COC(=O)c1cc2ccccc2s1)NCCc1ccccc1F. The van der Waals surface area contributed by atoms with Crippen LogP contribution in [-0.2, 0) is 16.0 Å². The standard InChI is InChI=1S/C19H16FNO3S/c20-15-7-3-1-5-13(15)9-10-21-18(22)12-24-19(23)17-11-14-6-2-4-8-16(14)25-17/h1-8,11H,9-10,12H2,(H,21,22). The highest BCUT2D eigenvalue weighted by molar-refractivity contribution is 7.20. The van der Waals surface area contributed by atoms with Crippen molar-refractivity contribution in [3.8, 4) is 0 Å². The predicted molar refractivity (Wildman–Crippen MR) is 95.2 cm³/mol. The summed E-state index contributed by atoms with van der Waals surface area (Å²) in [5, 5.41) is 3.58. The Morgan fingerprint density at radius 3 is 2.64 bits per heavy atom. The largest absolute Gasteiger partial charge is 0.451 e. The molecule has 0 saturated heterocycles. The van der Waals surface area contributed by atoms with Crippen molar-refractivity contribution in [2.24, 2.45) is 0 Å². The number of thiophene rings is 1. The number of hydrogen-bond acceptors (Lipinski definition) is 4. The van der Waals surface area contributed by atoms with Crippen molar-refractivity contribution in [2.45, 2.75) is 6.42 Å². The number of halogens is 1. The molecule has 0 unspecified atom stereocenters. The highest BCUT2D eigenvalue weighted by Crippen LogP contribution is 2.25. The van der Waals surface area contributed by atoms with Gasteiger partial charge in [0.05, 0.1) is 0 Å². The van der Waals surface area contributed by atoms with E-state index in [9.17, 15) is 14.0 Å². The summed E-state index contributed by atoms with van der Waals surface area (Å²) in [6, 6.07) is 15.8. The molecule has 0 aliphatic rings. The first-order chi connectivity index (χ1) is 12.1. The van der Waals surface area contributed by atoms with Gasteiger partial charge in [-0.05, 0) is 35.6 Å². The molecule has 1 N–H and O–H groups in total. The summed E-state index contributed by atoms with van der Waals surface area (Å²) in [6.07, 6.45) is 0.378. The Morgan fingerprint density at radius 2 is 1.84 bits per heavy atom. The van der Waals surface area contributed by atoms with Gasteiger partial charge >= 0.3 is 5.97 Å². The van der Waals surface area contributed by atoms with E-state index >= 15 is 0 Å². The molecule has 1 amide bonds. The molecule has 0 bridgehead atoms. The third kappa shape index (κ3) is 4.42. The normalized spacial score (nSPS) is 10.6. The molecule has 0 atom stereocenters. The zero-order valence-electron chi connectivity index (χ0n) is 13.3. The van der Waals surface area contributed by atoms with E-state index in [0.717, 1.165) is 10.1 Å². The van der Waals surface area contributed by atoms with Crippen molar-refractivity contribution in [1.29, 1.82) is 0 Å². The Hall–Kier alpha value is -2.73. The number of carbonyl (C=O) groups is 2. The second kappa shape index (κ2) is 7.90. The molecule has 0 radical (unpaired) electrons. The summed E-state index contributed by atoms with van der Waals surface area (Å²) in [6.45, 7) is -0.0788. The zero-order valence-corrected chi connectivity index (χ0v) is 14.1. The Labute approximate surface area is 148 Å². The van der Waals surface area contributed by atoms with Crippen LogP contribution in [0.2, 0.25) is 0 Å². The molecule has 6 heteroatoms. The number of carbonyl (C=O) groups excluding carboxylic acids is 2. The molecule has 0 aliphatic carbocycles. The number of hydrogen-bond donors (Lipinski definition) is 1. The summed E-state index contributed by atoms with van der Waals surface area (Å²) < 4.78 is 19.5. The molecule has 1 aromatic heterocycles. The average Bonchev–Trinajstić information content (AvgIpc) is 3.05. The molecule has 1 heterocycles. The van der Waals surface area contributed by atoms with Gasteiger partial charge in [-0.2, -0.15) is 0 Å². The van der Waals surface area contributed by atoms with Gasteiger partial charge in [0, 0.05) is 11.2 Å². The van der Waals surface area contributed by atoms with Crippen LogP contribution in [0.4, 0.5) is 4.39 Å². The van der Waals surface area contributed by atoms with Crippen LogP contribution in [-0.4, -0.2) is 25.0 Å². The lowest BCUT2D eigenvalue weighted by Gasteiger charge is -2.06. The van der Waals surface area contributed by atoms with Crippen LogP contribution in [0, 0.1) is 5.82 Å². The summed E-state index contributed by atoms with van der Waals surface area (Å²) in [7, 11) is 0. The molecule has 2 aromatic carbocycles. The van der Waals surface area contributed by atoms with Crippen LogP contribution in [0.1, 0.15) is 15.2 Å². The Morgan fingerprint density at radius 1 is 1.08 bits per heavy atom. The number of fused-ring (bicyclic) bond motifs is 1. The lowest BCUT2D eigenvalue weighted by atomic mass is 10.1. The van der Waals surface area contributed by atoms with Gasteiger partial charge in [0.15, 0.2) is 6.61 Å². The van der Waals surface area contributed by atoms with Gasteiger partial charge < -0.3 is 10.1 Å². The number of ether oxygens (including phenoxy) is 1. The second-order valence-electron chi connectivity index (χ2n) is 5.42. The number of rotatable bonds is 6. The van der Waals surface area contributed by atoms with E-state index < -0.39 is 11.9 Å². The third-order valence-corrected chi connectivity index (χ3v) is 4.73. The van der Waals surface area contributed by atoms with Crippen LogP contribution in [0.3, 0.4) is 0 Å². The van der Waals surface area contributed by atoms with Crippen molar-refractivity contribution in [3.63, 3.8) is 0 Å². The quantitative estimate of drug-likeness (QED) is 0.687. The molecule has 25 heavy (non-hydrogen) atoms. The molecule has 4 nitrogen and oxygen atoms in total. The van der Waals surface area contributed by atoms with Crippen molar-refractivity contribution in [2.75, 3.05) is 13.2 Å². The van der Waals surface area contributed by atoms with Crippen LogP contribution in [0.5, 0.6) is 0 Å². The Balaban J connectivity index is 1.45. The highest BCUT2D eigenvalue weighted by atomic mass is 32.1. The molecule has 0 aliphatic heterocycles. The van der Waals surface area contributed by atoms with Gasteiger partial charge in [-0.25, -0.2) is 9.18 Å². The van der Waals surface area contributed by atoms with Crippen molar-refractivity contribution in [3.05, 3.63) is 70.9 Å². The summed E-state index contributed by atoms with van der Waals surface area (Å²) in [4.78, 5) is 24.2. The number of nitrogens with one attached hydrogen (secondary N) is 1. The van der Waals surface area contributed by atoms with Crippen LogP contribution in [0.25, 0.3) is 10.1 Å². The minimum Gasteiger partial charge on any atom is -0.451 e. The average molecular weight is 357 g/mol. The van der Waals surface area contributed by atoms with Crippen LogP contribution >= 0.6 is 11.3 Å². The summed E-state index contributed by atoms with van der Waals surface area (Å²) >= 11 is 1.33. The maximum Gasteiger partial charge on any atom is 0.348 e. The number of amides is 1. The van der Waals surface area contributed by atoms with E-state index in [2.05, 4.69) is 5.32 Å². The summed E-state index contributed by atoms with van der Waals surface area (Å²) in [5.74, 6) is -1.23. The fraction of sp³-hybridized carbons (Fsp3) is 0.158. The molecule has 0 spiro atoms. The Bertz CT molecular complexity index is 873. The third-order valence-electron chi connectivity index (χ3n) is 3.64. The summed E-state index contributed by atoms with van der Waals surface area (Å²) in [5.41, 5.74) is 0.532. The molecular weight excluding hydrogens is 341 g/mol. The smallest absolute Gasteiger partial charge is 0.348 e. The predicted octanol–water partition coefficient (Wildman–Crippen LogP) is 3.56. The molecular formula is C19H16FNO3S. The van der Waals surface area contributed by atoms with E-state index in [0.29, 0.717) is 16.9 Å². The van der Waals surface area contributed by atoms with E-state index in [1.54, 1.807) is 24.3 Å². The molecule has 3 rings (SSSR count). The number of esters is 1. The maximum atomic E-state index is 13.5. The van der Waals surface area contributed by atoms with Gasteiger partial charge in [-0.1, -0.05) is 36.4 Å². The minimum atomic E-state index is -0.523. The van der Waals surface area contributed by atoms with Gasteiger partial charge in [0.1, 0.15) is 10.7 Å². The first-order valence-electron chi connectivity index (χ1n) is 7.79. The lowest BCUT2D eigenvalue weighted by Crippen LogP contribution is -2.30. The van der Waals surface area contributed by atoms with E-state index in [4.69, 9.17) is 4.74 Å². The second-order valence-corrected chi connectivity index (χ2v) is 6.50. The van der Waals surface area contributed by atoms with E-state index in [1.165, 1.54) is 17.4 Å². The topological polar surface area (TPSA) is 55.4 Å². The number of benzene rings is 2. The lowest BCUT2D eigenvalue weighted by molar-refractivity contribution is -0.124. The fourth-order valence-electron chi connectivity index (χ4n) is 2.37. The van der Waals surface area contributed by atoms with Crippen LogP contribution < -0.4 is 5.32 Å². The minimum absolute atomic E-state index is 0.278. The van der Waals surface area contributed by atoms with Gasteiger partial charge in [0.2, 0.25) is 0 Å². The fourth-order valence-corrected chi connectivity index (χ4v) is 3.33. The highest BCUT2D eigenvalue weighted by Gasteiger charge is 2.13. The van der Waals surface area contributed by atoms with E-state index in [-0.39, 0.29) is 19.0 Å². The monoisotopic (exact) mass is 357 g/mol. The van der Waals surface area contributed by atoms with E-state index in [1.807, 2.05) is 24.3 Å². The van der Waals surface area contributed by atoms with Crippen molar-refractivity contribution >= 4 is 33.3 Å². The van der Waals surface area contributed by atoms with Gasteiger partial charge in [-0.3, -0.25) is 4.79 Å². The van der Waals surface area contributed by atoms with Gasteiger partial charge in [0.25, 0.3) is 5.91 Å². The van der Waals surface area contributed by atoms with Crippen LogP contribution in [0.15, 0.2) is 54.6 Å². The maximum absolute atomic E-state index is 13.5. The molecule has 0 fully saturated rings. The first kappa shape index (κ1) is 17.1. The van der Waals surface area contributed by atoms with Gasteiger partial charge in [-0.15, -0.1) is 11.3 Å². The molecule has 128 valence electrons. The molecule has 0 saturated carbocycles. The molecule has 3 aromatic rings.